The number of carbonyl (C=O) groups excluding carboxylic acids is 1. The molecule has 0 saturated carbocycles. The molecule has 2 aromatic heterocycles. The molecule has 1 aliphatic heterocycles. The van der Waals surface area contributed by atoms with Crippen LogP contribution in [0.15, 0.2) is 65.5 Å². The largest absolute Gasteiger partial charge is 0.497 e. The molecule has 192 valence electrons. The van der Waals surface area contributed by atoms with Gasteiger partial charge in [-0.05, 0) is 50.2 Å². The molecule has 2 aromatic carbocycles. The van der Waals surface area contributed by atoms with Gasteiger partial charge in [-0.2, -0.15) is 0 Å². The van der Waals surface area contributed by atoms with Crippen molar-refractivity contribution in [2.45, 2.75) is 32.0 Å². The number of likely N-dealkylation sites (tertiary alicyclic amines) is 1. The van der Waals surface area contributed by atoms with Crippen molar-refractivity contribution in [2.75, 3.05) is 33.8 Å². The number of fused-ring (bicyclic) bond motifs is 2. The second-order valence-electron chi connectivity index (χ2n) is 9.50. The maximum absolute atomic E-state index is 13.0. The third kappa shape index (κ3) is 5.50. The van der Waals surface area contributed by atoms with Crippen LogP contribution in [0.4, 0.5) is 0 Å². The first-order chi connectivity index (χ1) is 18.1. The molecule has 0 unspecified atom stereocenters. The number of nitrogens with zero attached hydrogens (tertiary/aromatic N) is 3. The highest BCUT2D eigenvalue weighted by Gasteiger charge is 2.20. The number of pyridine rings is 2. The monoisotopic (exact) mass is 499 g/mol. The highest BCUT2D eigenvalue weighted by Crippen LogP contribution is 2.23. The summed E-state index contributed by atoms with van der Waals surface area (Å²) in [5, 5.41) is 8.20. The average molecular weight is 500 g/mol. The Bertz CT molecular complexity index is 1470. The number of amides is 1. The molecule has 0 bridgehead atoms. The van der Waals surface area contributed by atoms with Gasteiger partial charge in [0.1, 0.15) is 5.75 Å². The molecule has 1 aliphatic rings. The van der Waals surface area contributed by atoms with Crippen LogP contribution in [-0.4, -0.2) is 60.2 Å². The number of methoxy groups -OCH3 is 1. The summed E-state index contributed by atoms with van der Waals surface area (Å²) in [5.41, 5.74) is 3.00. The molecule has 8 heteroatoms. The Labute approximate surface area is 216 Å². The standard InChI is InChI=1S/C29H33N5O3/c1-30-29(36)25-18-28(35)34(27-17-23(37-2)9-10-24(25)27)16-15-33-13-11-21(12-14-33)31-19-22-8-7-20-5-3-4-6-26(20)32-22/h3-10,17-18,21,31H,11-16,19H2,1-2H3,(H,30,36). The smallest absolute Gasteiger partial charge is 0.251 e. The van der Waals surface area contributed by atoms with Crippen molar-refractivity contribution >= 4 is 27.7 Å². The molecule has 37 heavy (non-hydrogen) atoms. The second-order valence-corrected chi connectivity index (χ2v) is 9.50. The van der Waals surface area contributed by atoms with Gasteiger partial charge in [-0.25, -0.2) is 0 Å². The van der Waals surface area contributed by atoms with Gasteiger partial charge in [-0.3, -0.25) is 14.6 Å². The molecule has 0 atom stereocenters. The molecule has 1 saturated heterocycles. The van der Waals surface area contributed by atoms with Crippen LogP contribution in [-0.2, 0) is 13.1 Å². The van der Waals surface area contributed by atoms with Gasteiger partial charge in [0.15, 0.2) is 0 Å². The first kappa shape index (κ1) is 24.9. The first-order valence-corrected chi connectivity index (χ1v) is 12.8. The normalized spacial score (nSPS) is 14.8. The van der Waals surface area contributed by atoms with Gasteiger partial charge in [0.05, 0.1) is 29.4 Å². The zero-order chi connectivity index (χ0) is 25.8. The molecule has 0 aliphatic carbocycles. The topological polar surface area (TPSA) is 88.5 Å². The van der Waals surface area contributed by atoms with Crippen LogP contribution in [0.2, 0.25) is 0 Å². The van der Waals surface area contributed by atoms with Gasteiger partial charge < -0.3 is 24.8 Å². The Morgan fingerprint density at radius 1 is 1.05 bits per heavy atom. The number of aromatic nitrogens is 2. The SMILES string of the molecule is CNC(=O)c1cc(=O)n(CCN2CCC(NCc3ccc4ccccc4n3)CC2)c2cc(OC)ccc12. The molecular formula is C29H33N5O3. The van der Waals surface area contributed by atoms with E-state index in [0.29, 0.717) is 29.4 Å². The second kappa shape index (κ2) is 11.1. The van der Waals surface area contributed by atoms with Crippen LogP contribution in [0.1, 0.15) is 28.9 Å². The lowest BCUT2D eigenvalue weighted by Crippen LogP contribution is -2.43. The predicted octanol–water partition coefficient (Wildman–Crippen LogP) is 3.17. The fourth-order valence-corrected chi connectivity index (χ4v) is 5.10. The molecule has 5 rings (SSSR count). The summed E-state index contributed by atoms with van der Waals surface area (Å²) in [6.07, 6.45) is 2.10. The Balaban J connectivity index is 1.20. The molecule has 3 heterocycles. The Kier molecular flexibility index (Phi) is 7.48. The van der Waals surface area contributed by atoms with E-state index in [0.717, 1.165) is 61.0 Å². The van der Waals surface area contributed by atoms with Gasteiger partial charge in [-0.15, -0.1) is 0 Å². The summed E-state index contributed by atoms with van der Waals surface area (Å²) in [6, 6.07) is 19.8. The van der Waals surface area contributed by atoms with Gasteiger partial charge in [0.2, 0.25) is 0 Å². The van der Waals surface area contributed by atoms with E-state index in [9.17, 15) is 9.59 Å². The van der Waals surface area contributed by atoms with E-state index in [4.69, 9.17) is 9.72 Å². The van der Waals surface area contributed by atoms with E-state index in [1.165, 1.54) is 6.07 Å². The van der Waals surface area contributed by atoms with Crippen molar-refractivity contribution in [3.8, 4) is 5.75 Å². The summed E-state index contributed by atoms with van der Waals surface area (Å²) < 4.78 is 7.14. The Morgan fingerprint density at radius 3 is 2.65 bits per heavy atom. The van der Waals surface area contributed by atoms with E-state index in [-0.39, 0.29) is 11.5 Å². The van der Waals surface area contributed by atoms with Gasteiger partial charge >= 0.3 is 0 Å². The van der Waals surface area contributed by atoms with Crippen LogP contribution < -0.4 is 20.9 Å². The van der Waals surface area contributed by atoms with E-state index >= 15 is 0 Å². The minimum Gasteiger partial charge on any atom is -0.497 e. The minimum absolute atomic E-state index is 0.182. The Morgan fingerprint density at radius 2 is 1.86 bits per heavy atom. The molecule has 2 N–H and O–H groups in total. The quantitative estimate of drug-likeness (QED) is 0.387. The van der Waals surface area contributed by atoms with Crippen molar-refractivity contribution < 1.29 is 9.53 Å². The van der Waals surface area contributed by atoms with Crippen molar-refractivity contribution in [2.24, 2.45) is 0 Å². The van der Waals surface area contributed by atoms with Crippen molar-refractivity contribution in [1.82, 2.24) is 25.1 Å². The molecule has 0 spiro atoms. The fraction of sp³-hybridized carbons (Fsp3) is 0.345. The minimum atomic E-state index is -0.270. The predicted molar refractivity (Wildman–Crippen MR) is 146 cm³/mol. The first-order valence-electron chi connectivity index (χ1n) is 12.8. The van der Waals surface area contributed by atoms with E-state index in [2.05, 4.69) is 33.7 Å². The number of nitrogens with one attached hydrogen (secondary N) is 2. The lowest BCUT2D eigenvalue weighted by molar-refractivity contribution is 0.0964. The molecule has 1 fully saturated rings. The highest BCUT2D eigenvalue weighted by molar-refractivity contribution is 6.06. The Hall–Kier alpha value is -3.75. The lowest BCUT2D eigenvalue weighted by atomic mass is 10.0. The van der Waals surface area contributed by atoms with Crippen LogP contribution >= 0.6 is 0 Å². The van der Waals surface area contributed by atoms with Crippen LogP contribution in [0.3, 0.4) is 0 Å². The van der Waals surface area contributed by atoms with Gasteiger partial charge in [0, 0.05) is 55.6 Å². The van der Waals surface area contributed by atoms with Crippen molar-refractivity contribution in [3.63, 3.8) is 0 Å². The van der Waals surface area contributed by atoms with Crippen LogP contribution in [0, 0.1) is 0 Å². The number of hydrogen-bond acceptors (Lipinski definition) is 6. The molecule has 1 amide bonds. The average Bonchev–Trinajstić information content (AvgIpc) is 2.95. The number of ether oxygens (including phenoxy) is 1. The summed E-state index contributed by atoms with van der Waals surface area (Å²) in [4.78, 5) is 32.5. The van der Waals surface area contributed by atoms with E-state index in [1.807, 2.05) is 36.4 Å². The number of rotatable bonds is 8. The van der Waals surface area contributed by atoms with Crippen LogP contribution in [0.5, 0.6) is 5.75 Å². The summed E-state index contributed by atoms with van der Waals surface area (Å²) in [6.45, 7) is 4.01. The maximum atomic E-state index is 13.0. The zero-order valence-electron chi connectivity index (χ0n) is 21.4. The third-order valence-corrected chi connectivity index (χ3v) is 7.25. The van der Waals surface area contributed by atoms with Crippen molar-refractivity contribution in [3.05, 3.63) is 82.3 Å². The molecule has 8 nitrogen and oxygen atoms in total. The van der Waals surface area contributed by atoms with Gasteiger partial charge in [-0.1, -0.05) is 24.3 Å². The highest BCUT2D eigenvalue weighted by atomic mass is 16.5. The number of carbonyl (C=O) groups is 1. The number of para-hydroxylation sites is 1. The third-order valence-electron chi connectivity index (χ3n) is 7.25. The van der Waals surface area contributed by atoms with E-state index < -0.39 is 0 Å². The molecule has 4 aromatic rings. The molecular weight excluding hydrogens is 466 g/mol. The van der Waals surface area contributed by atoms with Gasteiger partial charge in [0.25, 0.3) is 11.5 Å². The molecule has 0 radical (unpaired) electrons. The number of benzene rings is 2. The lowest BCUT2D eigenvalue weighted by Gasteiger charge is -2.32. The maximum Gasteiger partial charge on any atom is 0.251 e. The summed E-state index contributed by atoms with van der Waals surface area (Å²) in [7, 11) is 3.17. The summed E-state index contributed by atoms with van der Waals surface area (Å²) in [5.74, 6) is 0.385. The van der Waals surface area contributed by atoms with E-state index in [1.54, 1.807) is 18.7 Å². The number of piperidine rings is 1. The fourth-order valence-electron chi connectivity index (χ4n) is 5.10. The summed E-state index contributed by atoms with van der Waals surface area (Å²) >= 11 is 0. The van der Waals surface area contributed by atoms with Crippen molar-refractivity contribution in [1.29, 1.82) is 0 Å². The number of hydrogen-bond donors (Lipinski definition) is 2. The zero-order valence-corrected chi connectivity index (χ0v) is 21.4. The van der Waals surface area contributed by atoms with Crippen LogP contribution in [0.25, 0.3) is 21.8 Å².